The van der Waals surface area contributed by atoms with Gasteiger partial charge in [-0.2, -0.15) is 0 Å². The van der Waals surface area contributed by atoms with Crippen molar-refractivity contribution in [1.29, 1.82) is 0 Å². The first-order valence-electron chi connectivity index (χ1n) is 10.1. The Morgan fingerprint density at radius 1 is 1.21 bits per heavy atom. The van der Waals surface area contributed by atoms with Crippen molar-refractivity contribution in [3.8, 4) is 0 Å². The molecule has 0 heterocycles. The third kappa shape index (κ3) is 8.52. The molecule has 0 aromatic heterocycles. The van der Waals surface area contributed by atoms with Gasteiger partial charge in [-0.3, -0.25) is 9.69 Å². The normalized spacial score (nSPS) is 12.4. The number of nitrogens with one attached hydrogen (secondary N) is 1. The molecule has 156 valence electrons. The van der Waals surface area contributed by atoms with Crippen LogP contribution in [0.25, 0.3) is 6.08 Å². The van der Waals surface area contributed by atoms with Gasteiger partial charge in [0.2, 0.25) is 5.91 Å². The van der Waals surface area contributed by atoms with E-state index in [0.29, 0.717) is 12.6 Å². The smallest absolute Gasteiger partial charge is 0.244 e. The van der Waals surface area contributed by atoms with Crippen LogP contribution in [0.1, 0.15) is 42.9 Å². The van der Waals surface area contributed by atoms with E-state index in [1.54, 1.807) is 12.2 Å². The van der Waals surface area contributed by atoms with Gasteiger partial charge >= 0.3 is 0 Å². The molecule has 0 spiro atoms. The van der Waals surface area contributed by atoms with Gasteiger partial charge < -0.3 is 10.4 Å². The SMILES string of the molecule is CCC(CCCO)N(C)Cc1ccc(CNC(=O)/C=C/c2cccc(Br)c2)cc1. The highest BCUT2D eigenvalue weighted by molar-refractivity contribution is 9.10. The zero-order valence-corrected chi connectivity index (χ0v) is 18.9. The van der Waals surface area contributed by atoms with Crippen LogP contribution in [-0.2, 0) is 17.9 Å². The Hall–Kier alpha value is -1.95. The fourth-order valence-electron chi connectivity index (χ4n) is 3.27. The third-order valence-corrected chi connectivity index (χ3v) is 5.48. The minimum atomic E-state index is -0.108. The standard InChI is InChI=1S/C24H31BrN2O2/c1-3-23(8-5-15-28)27(2)18-21-11-9-20(10-12-21)17-26-24(29)14-13-19-6-4-7-22(25)16-19/h4,6-7,9-14,16,23,28H,3,5,8,15,17-18H2,1-2H3,(H,26,29)/b14-13+. The van der Waals surface area contributed by atoms with Gasteiger partial charge in [-0.25, -0.2) is 0 Å². The van der Waals surface area contributed by atoms with Crippen molar-refractivity contribution < 1.29 is 9.90 Å². The second-order valence-corrected chi connectivity index (χ2v) is 8.18. The minimum absolute atomic E-state index is 0.108. The predicted octanol–water partition coefficient (Wildman–Crippen LogP) is 4.76. The second-order valence-electron chi connectivity index (χ2n) is 7.27. The molecule has 0 saturated heterocycles. The van der Waals surface area contributed by atoms with Gasteiger partial charge in [0.05, 0.1) is 0 Å². The maximum absolute atomic E-state index is 12.0. The highest BCUT2D eigenvalue weighted by Crippen LogP contribution is 2.14. The molecule has 2 aromatic rings. The number of carbonyl (C=O) groups excluding carboxylic acids is 1. The number of halogens is 1. The largest absolute Gasteiger partial charge is 0.396 e. The van der Waals surface area contributed by atoms with Gasteiger partial charge in [0, 0.05) is 36.3 Å². The van der Waals surface area contributed by atoms with E-state index in [1.807, 2.05) is 24.3 Å². The molecule has 0 radical (unpaired) electrons. The summed E-state index contributed by atoms with van der Waals surface area (Å²) in [6.07, 6.45) is 6.30. The van der Waals surface area contributed by atoms with Gasteiger partial charge in [0.15, 0.2) is 0 Å². The van der Waals surface area contributed by atoms with Crippen LogP contribution in [0.5, 0.6) is 0 Å². The van der Waals surface area contributed by atoms with Gasteiger partial charge in [-0.15, -0.1) is 0 Å². The van der Waals surface area contributed by atoms with Crippen LogP contribution in [0.2, 0.25) is 0 Å². The number of benzene rings is 2. The first-order chi connectivity index (χ1) is 14.0. The van der Waals surface area contributed by atoms with E-state index in [-0.39, 0.29) is 12.5 Å². The zero-order chi connectivity index (χ0) is 21.1. The average Bonchev–Trinajstić information content (AvgIpc) is 2.72. The molecular weight excluding hydrogens is 428 g/mol. The summed E-state index contributed by atoms with van der Waals surface area (Å²) in [7, 11) is 2.14. The Labute approximate surface area is 182 Å². The van der Waals surface area contributed by atoms with Crippen molar-refractivity contribution in [2.45, 2.75) is 45.3 Å². The fourth-order valence-corrected chi connectivity index (χ4v) is 3.69. The maximum Gasteiger partial charge on any atom is 0.244 e. The number of hydrogen-bond donors (Lipinski definition) is 2. The molecule has 5 heteroatoms. The van der Waals surface area contributed by atoms with Crippen molar-refractivity contribution in [1.82, 2.24) is 10.2 Å². The lowest BCUT2D eigenvalue weighted by Crippen LogP contribution is -2.30. The maximum atomic E-state index is 12.0. The van der Waals surface area contributed by atoms with Gasteiger partial charge in [-0.05, 0) is 61.2 Å². The molecule has 0 bridgehead atoms. The van der Waals surface area contributed by atoms with Crippen molar-refractivity contribution in [2.75, 3.05) is 13.7 Å². The highest BCUT2D eigenvalue weighted by atomic mass is 79.9. The van der Waals surface area contributed by atoms with Gasteiger partial charge in [-0.1, -0.05) is 59.3 Å². The van der Waals surface area contributed by atoms with Crippen LogP contribution >= 0.6 is 15.9 Å². The minimum Gasteiger partial charge on any atom is -0.396 e. The van der Waals surface area contributed by atoms with E-state index in [9.17, 15) is 4.79 Å². The molecule has 1 atom stereocenters. The summed E-state index contributed by atoms with van der Waals surface area (Å²) in [6, 6.07) is 16.7. The second kappa shape index (κ2) is 12.6. The number of aliphatic hydroxyl groups is 1. The van der Waals surface area contributed by atoms with Gasteiger partial charge in [0.25, 0.3) is 0 Å². The van der Waals surface area contributed by atoms with E-state index >= 15 is 0 Å². The van der Waals surface area contributed by atoms with E-state index in [1.165, 1.54) is 5.56 Å². The molecule has 1 amide bonds. The van der Waals surface area contributed by atoms with Crippen LogP contribution in [-0.4, -0.2) is 35.6 Å². The zero-order valence-electron chi connectivity index (χ0n) is 17.3. The summed E-state index contributed by atoms with van der Waals surface area (Å²) < 4.78 is 0.990. The van der Waals surface area contributed by atoms with Gasteiger partial charge in [0.1, 0.15) is 0 Å². The topological polar surface area (TPSA) is 52.6 Å². The van der Waals surface area contributed by atoms with Crippen LogP contribution in [0.4, 0.5) is 0 Å². The quantitative estimate of drug-likeness (QED) is 0.477. The summed E-state index contributed by atoms with van der Waals surface area (Å²) >= 11 is 3.43. The van der Waals surface area contributed by atoms with Crippen molar-refractivity contribution in [2.24, 2.45) is 0 Å². The van der Waals surface area contributed by atoms with Crippen molar-refractivity contribution in [3.63, 3.8) is 0 Å². The summed E-state index contributed by atoms with van der Waals surface area (Å²) in [5.74, 6) is -0.108. The lowest BCUT2D eigenvalue weighted by Gasteiger charge is -2.27. The molecule has 2 rings (SSSR count). The van der Waals surface area contributed by atoms with E-state index < -0.39 is 0 Å². The Kier molecular flexibility index (Phi) is 10.1. The first kappa shape index (κ1) is 23.3. The molecule has 29 heavy (non-hydrogen) atoms. The van der Waals surface area contributed by atoms with Crippen LogP contribution < -0.4 is 5.32 Å². The van der Waals surface area contributed by atoms with E-state index in [2.05, 4.69) is 64.4 Å². The molecule has 0 saturated carbocycles. The third-order valence-electron chi connectivity index (χ3n) is 4.99. The number of nitrogens with zero attached hydrogens (tertiary/aromatic N) is 1. The van der Waals surface area contributed by atoms with Crippen LogP contribution in [0, 0.1) is 0 Å². The van der Waals surface area contributed by atoms with E-state index in [4.69, 9.17) is 5.11 Å². The number of amides is 1. The number of aliphatic hydroxyl groups excluding tert-OH is 1. The first-order valence-corrected chi connectivity index (χ1v) is 10.9. The molecule has 0 aliphatic carbocycles. The lowest BCUT2D eigenvalue weighted by molar-refractivity contribution is -0.116. The molecule has 4 nitrogen and oxygen atoms in total. The average molecular weight is 459 g/mol. The monoisotopic (exact) mass is 458 g/mol. The number of rotatable bonds is 11. The molecule has 0 aliphatic heterocycles. The Morgan fingerprint density at radius 2 is 1.93 bits per heavy atom. The number of hydrogen-bond acceptors (Lipinski definition) is 3. The van der Waals surface area contributed by atoms with Crippen molar-refractivity contribution >= 4 is 27.9 Å². The summed E-state index contributed by atoms with van der Waals surface area (Å²) in [4.78, 5) is 14.4. The summed E-state index contributed by atoms with van der Waals surface area (Å²) in [6.45, 7) is 3.83. The van der Waals surface area contributed by atoms with E-state index in [0.717, 1.165) is 41.4 Å². The van der Waals surface area contributed by atoms with Crippen LogP contribution in [0.3, 0.4) is 0 Å². The molecule has 2 aromatic carbocycles. The fraction of sp³-hybridized carbons (Fsp3) is 0.375. The Balaban J connectivity index is 1.81. The summed E-state index contributed by atoms with van der Waals surface area (Å²) in [5, 5.41) is 12.0. The lowest BCUT2D eigenvalue weighted by atomic mass is 10.1. The molecular formula is C24H31BrN2O2. The predicted molar refractivity (Wildman–Crippen MR) is 123 cm³/mol. The van der Waals surface area contributed by atoms with Crippen LogP contribution in [0.15, 0.2) is 59.1 Å². The summed E-state index contributed by atoms with van der Waals surface area (Å²) in [5.41, 5.74) is 3.31. The highest BCUT2D eigenvalue weighted by Gasteiger charge is 2.12. The molecule has 0 aliphatic rings. The molecule has 2 N–H and O–H groups in total. The number of carbonyl (C=O) groups is 1. The molecule has 0 fully saturated rings. The Morgan fingerprint density at radius 3 is 2.59 bits per heavy atom. The molecule has 1 unspecified atom stereocenters. The Bertz CT molecular complexity index is 790. The van der Waals surface area contributed by atoms with Crippen molar-refractivity contribution in [3.05, 3.63) is 75.8 Å².